The van der Waals surface area contributed by atoms with E-state index in [1.165, 1.54) is 19.2 Å². The minimum Gasteiger partial charge on any atom is -0.508 e. The van der Waals surface area contributed by atoms with Gasteiger partial charge in [0.1, 0.15) is 51.9 Å². The lowest BCUT2D eigenvalue weighted by Gasteiger charge is -2.42. The minimum atomic E-state index is -1.14. The molecule has 9 heteroatoms. The summed E-state index contributed by atoms with van der Waals surface area (Å²) in [6.07, 6.45) is -0.763. The van der Waals surface area contributed by atoms with Crippen molar-refractivity contribution in [3.05, 3.63) is 101 Å². The number of fused-ring (bicyclic) bond motifs is 2. The Morgan fingerprint density at radius 3 is 1.79 bits per heavy atom. The maximum absolute atomic E-state index is 14.4. The molecule has 4 N–H and O–H groups in total. The summed E-state index contributed by atoms with van der Waals surface area (Å²) < 4.78 is 16.9. The van der Waals surface area contributed by atoms with Gasteiger partial charge in [0.2, 0.25) is 0 Å². The van der Waals surface area contributed by atoms with Gasteiger partial charge in [-0.2, -0.15) is 0 Å². The number of ketones is 2. The fourth-order valence-corrected chi connectivity index (χ4v) is 6.28. The van der Waals surface area contributed by atoms with Crippen LogP contribution < -0.4 is 14.2 Å². The van der Waals surface area contributed by atoms with E-state index in [1.54, 1.807) is 43.5 Å². The summed E-state index contributed by atoms with van der Waals surface area (Å²) in [6, 6.07) is 18.9. The lowest BCUT2D eigenvalue weighted by molar-refractivity contribution is 0.0398. The van der Waals surface area contributed by atoms with Crippen LogP contribution in [-0.4, -0.2) is 46.2 Å². The maximum atomic E-state index is 14.4. The molecule has 42 heavy (non-hydrogen) atoms. The monoisotopic (exact) mass is 568 g/mol. The van der Waals surface area contributed by atoms with Gasteiger partial charge in [-0.1, -0.05) is 24.3 Å². The molecule has 0 saturated heterocycles. The highest BCUT2D eigenvalue weighted by atomic mass is 16.5. The van der Waals surface area contributed by atoms with Crippen LogP contribution in [0.25, 0.3) is 0 Å². The molecule has 214 valence electrons. The molecule has 1 aliphatic heterocycles. The van der Waals surface area contributed by atoms with E-state index in [0.717, 1.165) is 17.7 Å². The van der Waals surface area contributed by atoms with E-state index in [2.05, 4.69) is 0 Å². The van der Waals surface area contributed by atoms with Crippen LogP contribution in [-0.2, 0) is 6.42 Å². The average Bonchev–Trinajstić information content (AvgIpc) is 2.96. The molecule has 0 saturated carbocycles. The third-order valence-corrected chi connectivity index (χ3v) is 8.18. The Kier molecular flexibility index (Phi) is 6.65. The van der Waals surface area contributed by atoms with Crippen LogP contribution in [0.5, 0.6) is 40.2 Å². The Labute approximate surface area is 241 Å². The van der Waals surface area contributed by atoms with Crippen molar-refractivity contribution in [1.82, 2.24) is 0 Å². The Hall–Kier alpha value is -5.18. The van der Waals surface area contributed by atoms with Gasteiger partial charge in [-0.05, 0) is 59.4 Å². The number of methoxy groups -OCH3 is 2. The van der Waals surface area contributed by atoms with Crippen LogP contribution in [0.1, 0.15) is 49.4 Å². The molecule has 0 aromatic heterocycles. The van der Waals surface area contributed by atoms with Crippen molar-refractivity contribution in [1.29, 1.82) is 0 Å². The topological polar surface area (TPSA) is 143 Å². The standard InChI is InChI=1S/C33H28O9/c1-40-21-7-3-16(4-8-21)23-12-18-11-19(34)13-24(36)27(18)31(38)28(23)30-32(39)29-25(37)14-20(35)15-26(29)42-33(30)17-5-9-22(41-2)10-6-17/h3-11,13-15,23,28,30,33-37H,12H2,1-2H3/t23-,28-,30+,33+/m1/s1. The third-order valence-electron chi connectivity index (χ3n) is 8.18. The van der Waals surface area contributed by atoms with Crippen molar-refractivity contribution in [2.45, 2.75) is 18.4 Å². The summed E-state index contributed by atoms with van der Waals surface area (Å²) in [6.45, 7) is 0. The molecule has 0 amide bonds. The van der Waals surface area contributed by atoms with Crippen LogP contribution in [0.4, 0.5) is 0 Å². The summed E-state index contributed by atoms with van der Waals surface area (Å²) in [4.78, 5) is 28.8. The fraction of sp³-hybridized carbons (Fsp3) is 0.212. The molecule has 4 aromatic rings. The highest BCUT2D eigenvalue weighted by Crippen LogP contribution is 2.53. The van der Waals surface area contributed by atoms with E-state index in [1.807, 2.05) is 12.1 Å². The van der Waals surface area contributed by atoms with Crippen LogP contribution in [0.3, 0.4) is 0 Å². The quantitative estimate of drug-likeness (QED) is 0.252. The molecule has 0 fully saturated rings. The predicted molar refractivity (Wildman–Crippen MR) is 151 cm³/mol. The van der Waals surface area contributed by atoms with E-state index in [0.29, 0.717) is 22.6 Å². The number of phenols is 4. The molecule has 2 aliphatic rings. The van der Waals surface area contributed by atoms with Crippen molar-refractivity contribution in [3.8, 4) is 40.2 Å². The molecule has 0 bridgehead atoms. The van der Waals surface area contributed by atoms with Crippen LogP contribution in [0.2, 0.25) is 0 Å². The highest BCUT2D eigenvalue weighted by Gasteiger charge is 2.52. The smallest absolute Gasteiger partial charge is 0.178 e. The number of carbonyl (C=O) groups excluding carboxylic acids is 2. The zero-order valence-electron chi connectivity index (χ0n) is 22.8. The van der Waals surface area contributed by atoms with Gasteiger partial charge < -0.3 is 34.6 Å². The van der Waals surface area contributed by atoms with Gasteiger partial charge in [-0.15, -0.1) is 0 Å². The predicted octanol–water partition coefficient (Wildman–Crippen LogP) is 5.30. The van der Waals surface area contributed by atoms with Crippen molar-refractivity contribution >= 4 is 11.6 Å². The van der Waals surface area contributed by atoms with Crippen LogP contribution in [0.15, 0.2) is 72.8 Å². The second-order valence-electron chi connectivity index (χ2n) is 10.5. The van der Waals surface area contributed by atoms with Gasteiger partial charge in [0, 0.05) is 24.1 Å². The number of phenolic OH excluding ortho intramolecular Hbond substituents is 4. The van der Waals surface area contributed by atoms with Gasteiger partial charge in [-0.3, -0.25) is 9.59 Å². The van der Waals surface area contributed by atoms with Gasteiger partial charge in [0.15, 0.2) is 11.6 Å². The molecule has 0 spiro atoms. The first-order chi connectivity index (χ1) is 20.2. The fourth-order valence-electron chi connectivity index (χ4n) is 6.28. The van der Waals surface area contributed by atoms with E-state index < -0.39 is 41.2 Å². The summed E-state index contributed by atoms with van der Waals surface area (Å²) in [5.74, 6) is -3.90. The van der Waals surface area contributed by atoms with E-state index in [4.69, 9.17) is 14.2 Å². The maximum Gasteiger partial charge on any atom is 0.178 e. The zero-order chi connectivity index (χ0) is 29.7. The van der Waals surface area contributed by atoms with Crippen molar-refractivity contribution in [3.63, 3.8) is 0 Å². The number of hydrogen-bond acceptors (Lipinski definition) is 9. The number of aromatic hydroxyl groups is 4. The molecule has 4 aromatic carbocycles. The van der Waals surface area contributed by atoms with Crippen molar-refractivity contribution < 1.29 is 44.2 Å². The first-order valence-electron chi connectivity index (χ1n) is 13.3. The molecule has 6 rings (SSSR count). The number of ether oxygens (including phenoxy) is 3. The lowest BCUT2D eigenvalue weighted by atomic mass is 9.62. The summed E-state index contributed by atoms with van der Waals surface area (Å²) >= 11 is 0. The average molecular weight is 569 g/mol. The zero-order valence-corrected chi connectivity index (χ0v) is 22.8. The minimum absolute atomic E-state index is 0.00741. The lowest BCUT2D eigenvalue weighted by Crippen LogP contribution is -2.45. The molecule has 0 unspecified atom stereocenters. The number of benzene rings is 4. The first-order valence-corrected chi connectivity index (χ1v) is 13.3. The molecule has 0 radical (unpaired) electrons. The van der Waals surface area contributed by atoms with Gasteiger partial charge in [0.05, 0.1) is 25.7 Å². The number of Topliss-reactive ketones (excluding diaryl/α,β-unsaturated/α-hetero) is 2. The Morgan fingerprint density at radius 1 is 0.667 bits per heavy atom. The van der Waals surface area contributed by atoms with E-state index in [9.17, 15) is 30.0 Å². The second-order valence-corrected chi connectivity index (χ2v) is 10.5. The Balaban J connectivity index is 1.57. The normalized spacial score (nSPS) is 21.2. The number of hydrogen-bond donors (Lipinski definition) is 4. The van der Waals surface area contributed by atoms with Crippen molar-refractivity contribution in [2.24, 2.45) is 11.8 Å². The van der Waals surface area contributed by atoms with Gasteiger partial charge in [-0.25, -0.2) is 0 Å². The number of rotatable bonds is 5. The first kappa shape index (κ1) is 27.0. The van der Waals surface area contributed by atoms with Gasteiger partial charge >= 0.3 is 0 Å². The molecular weight excluding hydrogens is 540 g/mol. The summed E-state index contributed by atoms with van der Waals surface area (Å²) in [5, 5.41) is 41.9. The molecule has 1 aliphatic carbocycles. The van der Waals surface area contributed by atoms with Crippen LogP contribution >= 0.6 is 0 Å². The third kappa shape index (κ3) is 4.43. The summed E-state index contributed by atoms with van der Waals surface area (Å²) in [5.41, 5.74) is 1.66. The molecule has 1 heterocycles. The largest absolute Gasteiger partial charge is 0.508 e. The van der Waals surface area contributed by atoms with Crippen LogP contribution in [0, 0.1) is 11.8 Å². The Morgan fingerprint density at radius 2 is 1.19 bits per heavy atom. The van der Waals surface area contributed by atoms with E-state index in [-0.39, 0.29) is 40.5 Å². The number of carbonyl (C=O) groups is 2. The second kappa shape index (κ2) is 10.3. The van der Waals surface area contributed by atoms with E-state index >= 15 is 0 Å². The van der Waals surface area contributed by atoms with Gasteiger partial charge in [0.25, 0.3) is 0 Å². The molecule has 4 atom stereocenters. The highest BCUT2D eigenvalue weighted by molar-refractivity contribution is 6.10. The van der Waals surface area contributed by atoms with Crippen molar-refractivity contribution in [2.75, 3.05) is 14.2 Å². The summed E-state index contributed by atoms with van der Waals surface area (Å²) in [7, 11) is 3.07. The Bertz CT molecular complexity index is 1570. The molecule has 9 nitrogen and oxygen atoms in total. The SMILES string of the molecule is COc1ccc([C@H]2Cc3cc(O)cc(O)c3C(=O)[C@H]2[C@H]2C(=O)c3c(O)cc(O)cc3O[C@H]2c2ccc(OC)cc2)cc1. The molecular formula is C33H28O9.